The minimum Gasteiger partial charge on any atom is -0.385 e. The molecule has 0 radical (unpaired) electrons. The SMILES string of the molecule is Cn1ncnc1[C@H]1c2n[nH]c(=O)c3cc(F)cc(c23)N[C@@H]1c1ccc(NCCCCCCCO[C@H]2CC[C@H]3[C@@H]4CC[C@H]5CC(=O)CC[C@]5(C)[C@H]4CC[C@]23C)cc1. The van der Waals surface area contributed by atoms with Crippen molar-refractivity contribution in [1.82, 2.24) is 25.0 Å². The van der Waals surface area contributed by atoms with E-state index in [2.05, 4.69) is 69.0 Å². The van der Waals surface area contributed by atoms with E-state index in [0.29, 0.717) is 51.2 Å². The Labute approximate surface area is 329 Å². The van der Waals surface area contributed by atoms with E-state index in [9.17, 15) is 14.0 Å². The van der Waals surface area contributed by atoms with Crippen LogP contribution in [0.2, 0.25) is 0 Å². The van der Waals surface area contributed by atoms with Crippen molar-refractivity contribution in [3.05, 3.63) is 76.0 Å². The van der Waals surface area contributed by atoms with Crippen molar-refractivity contribution in [3.8, 4) is 0 Å². The molecule has 4 fully saturated rings. The molecule has 0 spiro atoms. The molecule has 2 aromatic heterocycles. The maximum Gasteiger partial charge on any atom is 0.272 e. The molecule has 5 aliphatic rings. The standard InChI is InChI=1S/C45H58FN7O3/c1-44-19-17-31(54)23-28(44)11-14-32-34-15-16-37(45(34,2)20-18-35(32)44)56-22-8-6-4-5-7-21-47-30-12-9-27(10-13-30)40-39(42-48-26-49-53(42)3)41-38-33(43(55)52-51-41)24-29(46)25-36(38)50-40/h9-10,12-13,24-26,28,32,34-35,37,39-40,47,50H,4-8,11,14-23H2,1-3H3,(H,52,55)/t28-,32-,34-,35-,37-,39+,40+,44-,45-/m0/s1. The Kier molecular flexibility index (Phi) is 10.0. The summed E-state index contributed by atoms with van der Waals surface area (Å²) in [5.74, 6) is 3.41. The zero-order valence-corrected chi connectivity index (χ0v) is 33.3. The summed E-state index contributed by atoms with van der Waals surface area (Å²) in [6, 6.07) is 10.7. The summed E-state index contributed by atoms with van der Waals surface area (Å²) >= 11 is 0. The largest absolute Gasteiger partial charge is 0.385 e. The van der Waals surface area contributed by atoms with Crippen molar-refractivity contribution >= 4 is 27.9 Å². The van der Waals surface area contributed by atoms with Gasteiger partial charge in [-0.05, 0) is 122 Å². The first-order valence-corrected chi connectivity index (χ1v) is 21.4. The molecular formula is C45H58FN7O3. The number of aromatic amines is 1. The molecule has 3 N–H and O–H groups in total. The summed E-state index contributed by atoms with van der Waals surface area (Å²) in [6.07, 6.45) is 18.3. The molecule has 11 heteroatoms. The third-order valence-corrected chi connectivity index (χ3v) is 15.5. The number of H-pyrrole nitrogens is 1. The van der Waals surface area contributed by atoms with Gasteiger partial charge >= 0.3 is 0 Å². The van der Waals surface area contributed by atoms with Gasteiger partial charge in [0.2, 0.25) is 0 Å². The second kappa shape index (κ2) is 15.0. The van der Waals surface area contributed by atoms with Crippen LogP contribution in [0, 0.1) is 40.3 Å². The molecule has 298 valence electrons. The van der Waals surface area contributed by atoms with Crippen molar-refractivity contribution in [2.75, 3.05) is 23.8 Å². The average molecular weight is 764 g/mol. The summed E-state index contributed by atoms with van der Waals surface area (Å²) in [6.45, 7) is 6.89. The number of ketones is 1. The van der Waals surface area contributed by atoms with Crippen LogP contribution in [0.5, 0.6) is 0 Å². The number of ether oxygens (including phenoxy) is 1. The van der Waals surface area contributed by atoms with Crippen molar-refractivity contribution in [2.45, 2.75) is 122 Å². The number of hydrogen-bond acceptors (Lipinski definition) is 8. The molecule has 0 amide bonds. The molecule has 1 aliphatic heterocycles. The number of nitrogens with one attached hydrogen (secondary N) is 3. The van der Waals surface area contributed by atoms with Gasteiger partial charge in [0, 0.05) is 49.8 Å². The van der Waals surface area contributed by atoms with E-state index in [1.54, 1.807) is 4.68 Å². The Morgan fingerprint density at radius 1 is 0.946 bits per heavy atom. The number of carbonyl (C=O) groups is 1. The number of aryl methyl sites for hydroxylation is 1. The van der Waals surface area contributed by atoms with Gasteiger partial charge in [0.1, 0.15) is 23.8 Å². The quantitative estimate of drug-likeness (QED) is 0.122. The third-order valence-electron chi connectivity index (χ3n) is 15.5. The van der Waals surface area contributed by atoms with Gasteiger partial charge in [-0.3, -0.25) is 14.3 Å². The zero-order chi connectivity index (χ0) is 38.6. The molecule has 2 aromatic carbocycles. The van der Waals surface area contributed by atoms with Crippen molar-refractivity contribution in [3.63, 3.8) is 0 Å². The second-order valence-electron chi connectivity index (χ2n) is 18.4. The maximum atomic E-state index is 14.6. The smallest absolute Gasteiger partial charge is 0.272 e. The first-order valence-electron chi connectivity index (χ1n) is 21.4. The number of halogens is 1. The number of nitrogens with zero attached hydrogens (tertiary/aromatic N) is 4. The van der Waals surface area contributed by atoms with Gasteiger partial charge in [-0.25, -0.2) is 14.5 Å². The van der Waals surface area contributed by atoms with Crippen LogP contribution < -0.4 is 16.2 Å². The molecule has 56 heavy (non-hydrogen) atoms. The Balaban J connectivity index is 0.729. The molecular weight excluding hydrogens is 706 g/mol. The fourth-order valence-corrected chi connectivity index (χ4v) is 12.5. The molecule has 0 unspecified atom stereocenters. The lowest BCUT2D eigenvalue weighted by Crippen LogP contribution is -2.54. The maximum absolute atomic E-state index is 14.6. The van der Waals surface area contributed by atoms with Crippen LogP contribution in [0.15, 0.2) is 47.5 Å². The zero-order valence-electron chi connectivity index (χ0n) is 33.3. The molecule has 9 rings (SSSR count). The van der Waals surface area contributed by atoms with E-state index in [1.165, 1.54) is 76.2 Å². The van der Waals surface area contributed by atoms with Crippen LogP contribution in [-0.2, 0) is 16.6 Å². The minimum atomic E-state index is -0.479. The number of benzene rings is 2. The predicted molar refractivity (Wildman–Crippen MR) is 216 cm³/mol. The van der Waals surface area contributed by atoms with Crippen LogP contribution in [-0.4, -0.2) is 50.0 Å². The third kappa shape index (κ3) is 6.55. The van der Waals surface area contributed by atoms with Crippen LogP contribution in [0.25, 0.3) is 10.8 Å². The highest BCUT2D eigenvalue weighted by Gasteiger charge is 2.60. The van der Waals surface area contributed by atoms with Crippen molar-refractivity contribution in [1.29, 1.82) is 0 Å². The number of carbonyl (C=O) groups excluding carboxylic acids is 1. The molecule has 4 aliphatic carbocycles. The summed E-state index contributed by atoms with van der Waals surface area (Å²) < 4.78 is 23.1. The minimum absolute atomic E-state index is 0.262. The monoisotopic (exact) mass is 763 g/mol. The molecule has 9 atom stereocenters. The Hall–Kier alpha value is -4.12. The van der Waals surface area contributed by atoms with Gasteiger partial charge in [0.25, 0.3) is 5.56 Å². The molecule has 0 bridgehead atoms. The van der Waals surface area contributed by atoms with Crippen LogP contribution in [0.3, 0.4) is 0 Å². The second-order valence-corrected chi connectivity index (χ2v) is 18.4. The lowest BCUT2D eigenvalue weighted by molar-refractivity contribution is -0.145. The number of fused-ring (bicyclic) bond motifs is 5. The number of anilines is 2. The Morgan fingerprint density at radius 2 is 1.75 bits per heavy atom. The fourth-order valence-electron chi connectivity index (χ4n) is 12.5. The van der Waals surface area contributed by atoms with Gasteiger partial charge in [0.05, 0.1) is 29.1 Å². The number of rotatable bonds is 12. The first kappa shape index (κ1) is 37.5. The number of unbranched alkanes of at least 4 members (excludes halogenated alkanes) is 4. The summed E-state index contributed by atoms with van der Waals surface area (Å²) in [4.78, 5) is 29.4. The van der Waals surface area contributed by atoms with E-state index in [0.717, 1.165) is 74.3 Å². The molecule has 3 heterocycles. The van der Waals surface area contributed by atoms with Gasteiger partial charge in [-0.1, -0.05) is 45.2 Å². The van der Waals surface area contributed by atoms with E-state index < -0.39 is 11.4 Å². The van der Waals surface area contributed by atoms with Gasteiger partial charge in [-0.15, -0.1) is 0 Å². The van der Waals surface area contributed by atoms with Crippen molar-refractivity contribution in [2.24, 2.45) is 41.5 Å². The molecule has 4 aromatic rings. The van der Waals surface area contributed by atoms with E-state index in [-0.39, 0.29) is 17.3 Å². The topological polar surface area (TPSA) is 127 Å². The Morgan fingerprint density at radius 3 is 2.57 bits per heavy atom. The lowest BCUT2D eigenvalue weighted by Gasteiger charge is -2.60. The number of hydrogen-bond donors (Lipinski definition) is 3. The number of Topliss-reactive ketones (excluding diaryl/α,β-unsaturated/α-hetero) is 1. The van der Waals surface area contributed by atoms with E-state index >= 15 is 0 Å². The molecule has 0 saturated heterocycles. The fraction of sp³-hybridized carbons (Fsp3) is 0.622. The highest BCUT2D eigenvalue weighted by atomic mass is 19.1. The molecule has 4 saturated carbocycles. The predicted octanol–water partition coefficient (Wildman–Crippen LogP) is 8.85. The first-order chi connectivity index (χ1) is 27.1. The van der Waals surface area contributed by atoms with Gasteiger partial charge in [-0.2, -0.15) is 10.2 Å². The highest BCUT2D eigenvalue weighted by molar-refractivity contribution is 5.97. The van der Waals surface area contributed by atoms with Crippen molar-refractivity contribution < 1.29 is 13.9 Å². The van der Waals surface area contributed by atoms with Crippen LogP contribution >= 0.6 is 0 Å². The Bertz CT molecular complexity index is 2130. The molecule has 10 nitrogen and oxygen atoms in total. The van der Waals surface area contributed by atoms with E-state index in [1.807, 2.05) is 7.05 Å². The summed E-state index contributed by atoms with van der Waals surface area (Å²) in [5, 5.41) is 19.3. The summed E-state index contributed by atoms with van der Waals surface area (Å²) in [5.41, 5.74) is 3.50. The van der Waals surface area contributed by atoms with Crippen LogP contribution in [0.4, 0.5) is 15.8 Å². The lowest BCUT2D eigenvalue weighted by atomic mass is 9.45. The summed E-state index contributed by atoms with van der Waals surface area (Å²) in [7, 11) is 1.84. The average Bonchev–Trinajstić information content (AvgIpc) is 3.77. The van der Waals surface area contributed by atoms with Gasteiger partial charge in [0.15, 0.2) is 0 Å². The van der Waals surface area contributed by atoms with Crippen LogP contribution in [0.1, 0.15) is 133 Å². The highest BCUT2D eigenvalue weighted by Crippen LogP contribution is 2.66. The normalized spacial score (nSPS) is 32.1. The van der Waals surface area contributed by atoms with Gasteiger partial charge < -0.3 is 15.4 Å². The van der Waals surface area contributed by atoms with E-state index in [4.69, 9.17) is 4.74 Å². The number of aromatic nitrogens is 5.